The Morgan fingerprint density at radius 1 is 1.29 bits per heavy atom. The molecule has 1 aromatic carbocycles. The molecule has 4 heteroatoms. The van der Waals surface area contributed by atoms with Crippen LogP contribution in [0.1, 0.15) is 24.8 Å². The second-order valence-electron chi connectivity index (χ2n) is 3.80. The van der Waals surface area contributed by atoms with Gasteiger partial charge < -0.3 is 15.9 Å². The van der Waals surface area contributed by atoms with Gasteiger partial charge in [-0.3, -0.25) is 0 Å². The lowest BCUT2D eigenvalue weighted by molar-refractivity contribution is 0.243. The number of phenols is 2. The molecule has 76 valence electrons. The zero-order valence-corrected chi connectivity index (χ0v) is 8.38. The van der Waals surface area contributed by atoms with Gasteiger partial charge in [-0.1, -0.05) is 11.6 Å². The minimum Gasteiger partial charge on any atom is -0.504 e. The van der Waals surface area contributed by atoms with Crippen molar-refractivity contribution in [2.75, 3.05) is 0 Å². The maximum absolute atomic E-state index is 9.66. The molecular weight excluding hydrogens is 202 g/mol. The molecule has 0 aromatic heterocycles. The van der Waals surface area contributed by atoms with Gasteiger partial charge in [-0.05, 0) is 31.4 Å². The van der Waals surface area contributed by atoms with Crippen molar-refractivity contribution in [2.24, 2.45) is 5.73 Å². The number of rotatable bonds is 1. The Hall–Kier alpha value is -0.930. The monoisotopic (exact) mass is 213 g/mol. The molecule has 1 aliphatic carbocycles. The zero-order chi connectivity index (χ0) is 10.3. The van der Waals surface area contributed by atoms with Gasteiger partial charge >= 0.3 is 0 Å². The van der Waals surface area contributed by atoms with E-state index in [0.717, 1.165) is 19.3 Å². The molecule has 1 fully saturated rings. The maximum atomic E-state index is 9.66. The Morgan fingerprint density at radius 2 is 1.93 bits per heavy atom. The van der Waals surface area contributed by atoms with Gasteiger partial charge in [-0.25, -0.2) is 0 Å². The highest BCUT2D eigenvalue weighted by Crippen LogP contribution is 2.48. The number of aromatic hydroxyl groups is 2. The average Bonchev–Trinajstić information content (AvgIpc) is 2.09. The van der Waals surface area contributed by atoms with Gasteiger partial charge in [0.15, 0.2) is 11.5 Å². The van der Waals surface area contributed by atoms with Gasteiger partial charge in [0, 0.05) is 16.1 Å². The molecule has 0 atom stereocenters. The van der Waals surface area contributed by atoms with Crippen LogP contribution < -0.4 is 5.73 Å². The van der Waals surface area contributed by atoms with Crippen LogP contribution in [0.3, 0.4) is 0 Å². The lowest BCUT2D eigenvalue weighted by Gasteiger charge is -2.39. The maximum Gasteiger partial charge on any atom is 0.164 e. The Balaban J connectivity index is 2.56. The van der Waals surface area contributed by atoms with E-state index in [0.29, 0.717) is 10.6 Å². The summed E-state index contributed by atoms with van der Waals surface area (Å²) < 4.78 is 0. The molecule has 1 saturated carbocycles. The summed E-state index contributed by atoms with van der Waals surface area (Å²) in [5.41, 5.74) is 5.96. The van der Waals surface area contributed by atoms with Crippen LogP contribution >= 0.6 is 11.6 Å². The van der Waals surface area contributed by atoms with Crippen LogP contribution in [0, 0.1) is 0 Å². The fourth-order valence-corrected chi connectivity index (χ4v) is 2.18. The third-order valence-corrected chi connectivity index (χ3v) is 3.16. The number of phenolic OH excluding ortho intramolecular Hbond substituents is 2. The summed E-state index contributed by atoms with van der Waals surface area (Å²) in [5.74, 6) is -0.346. The molecule has 0 amide bonds. The lowest BCUT2D eigenvalue weighted by Crippen LogP contribution is -2.43. The van der Waals surface area contributed by atoms with Gasteiger partial charge in [0.05, 0.1) is 0 Å². The third kappa shape index (κ3) is 1.24. The highest BCUT2D eigenvalue weighted by atomic mass is 35.5. The van der Waals surface area contributed by atoms with Crippen molar-refractivity contribution in [3.05, 3.63) is 22.7 Å². The van der Waals surface area contributed by atoms with E-state index >= 15 is 0 Å². The molecule has 0 bridgehead atoms. The third-order valence-electron chi connectivity index (χ3n) is 2.85. The predicted octanol–water partition coefficient (Wildman–Crippen LogP) is 2.09. The Bertz CT molecular complexity index is 375. The second-order valence-corrected chi connectivity index (χ2v) is 4.21. The van der Waals surface area contributed by atoms with E-state index in [1.807, 2.05) is 0 Å². The number of hydrogen-bond acceptors (Lipinski definition) is 3. The van der Waals surface area contributed by atoms with E-state index in [2.05, 4.69) is 0 Å². The zero-order valence-electron chi connectivity index (χ0n) is 7.63. The minimum atomic E-state index is -0.556. The molecule has 0 heterocycles. The van der Waals surface area contributed by atoms with Crippen molar-refractivity contribution in [3.63, 3.8) is 0 Å². The Morgan fingerprint density at radius 3 is 2.43 bits per heavy atom. The minimum absolute atomic E-state index is 0.166. The normalized spacial score (nSPS) is 19.0. The van der Waals surface area contributed by atoms with E-state index in [1.54, 1.807) is 6.07 Å². The molecule has 1 aromatic rings. The molecule has 1 aliphatic rings. The number of nitrogens with two attached hydrogens (primary N) is 1. The SMILES string of the molecule is NC1(c2c(Cl)ccc(O)c2O)CCC1. The number of hydrogen-bond donors (Lipinski definition) is 3. The van der Waals surface area contributed by atoms with Crippen LogP contribution in [-0.4, -0.2) is 10.2 Å². The van der Waals surface area contributed by atoms with Crippen molar-refractivity contribution in [1.82, 2.24) is 0 Å². The summed E-state index contributed by atoms with van der Waals surface area (Å²) in [5, 5.41) is 19.4. The van der Waals surface area contributed by atoms with Crippen LogP contribution in [0.2, 0.25) is 5.02 Å². The fourth-order valence-electron chi connectivity index (χ4n) is 1.84. The molecule has 0 radical (unpaired) electrons. The summed E-state index contributed by atoms with van der Waals surface area (Å²) in [7, 11) is 0. The average molecular weight is 214 g/mol. The fraction of sp³-hybridized carbons (Fsp3) is 0.400. The number of halogens is 1. The van der Waals surface area contributed by atoms with Gasteiger partial charge in [0.25, 0.3) is 0 Å². The van der Waals surface area contributed by atoms with Crippen LogP contribution in [0.4, 0.5) is 0 Å². The van der Waals surface area contributed by atoms with Crippen molar-refractivity contribution in [2.45, 2.75) is 24.8 Å². The highest BCUT2D eigenvalue weighted by Gasteiger charge is 2.38. The highest BCUT2D eigenvalue weighted by molar-refractivity contribution is 6.31. The molecule has 0 unspecified atom stereocenters. The van der Waals surface area contributed by atoms with Crippen molar-refractivity contribution < 1.29 is 10.2 Å². The summed E-state index contributed by atoms with van der Waals surface area (Å²) in [4.78, 5) is 0. The largest absolute Gasteiger partial charge is 0.504 e. The lowest BCUT2D eigenvalue weighted by atomic mass is 9.72. The first-order valence-corrected chi connectivity index (χ1v) is 4.92. The van der Waals surface area contributed by atoms with Crippen molar-refractivity contribution in [3.8, 4) is 11.5 Å². The molecule has 14 heavy (non-hydrogen) atoms. The molecule has 0 spiro atoms. The van der Waals surface area contributed by atoms with E-state index in [4.69, 9.17) is 17.3 Å². The van der Waals surface area contributed by atoms with E-state index in [1.165, 1.54) is 6.07 Å². The van der Waals surface area contributed by atoms with E-state index in [9.17, 15) is 10.2 Å². The predicted molar refractivity (Wildman–Crippen MR) is 54.5 cm³/mol. The van der Waals surface area contributed by atoms with E-state index in [-0.39, 0.29) is 11.5 Å². The van der Waals surface area contributed by atoms with Gasteiger partial charge in [0.2, 0.25) is 0 Å². The first-order valence-electron chi connectivity index (χ1n) is 4.54. The van der Waals surface area contributed by atoms with Crippen LogP contribution in [0.5, 0.6) is 11.5 Å². The second kappa shape index (κ2) is 3.04. The van der Waals surface area contributed by atoms with E-state index < -0.39 is 5.54 Å². The van der Waals surface area contributed by atoms with Gasteiger partial charge in [-0.15, -0.1) is 0 Å². The molecule has 2 rings (SSSR count). The quantitative estimate of drug-likeness (QED) is 0.626. The molecular formula is C10H12ClNO2. The summed E-state index contributed by atoms with van der Waals surface area (Å²) >= 11 is 5.95. The summed E-state index contributed by atoms with van der Waals surface area (Å²) in [6.45, 7) is 0. The van der Waals surface area contributed by atoms with Crippen LogP contribution in [-0.2, 0) is 5.54 Å². The Labute approximate surface area is 87.1 Å². The van der Waals surface area contributed by atoms with Gasteiger partial charge in [0.1, 0.15) is 0 Å². The standard InChI is InChI=1S/C10H12ClNO2/c11-6-2-3-7(13)9(14)8(6)10(12)4-1-5-10/h2-3,13-14H,1,4-5,12H2. The van der Waals surface area contributed by atoms with Crippen LogP contribution in [0.15, 0.2) is 12.1 Å². The topological polar surface area (TPSA) is 66.5 Å². The smallest absolute Gasteiger partial charge is 0.164 e. The Kier molecular flexibility index (Phi) is 2.09. The van der Waals surface area contributed by atoms with Gasteiger partial charge in [-0.2, -0.15) is 0 Å². The first kappa shape index (κ1) is 9.62. The van der Waals surface area contributed by atoms with Crippen molar-refractivity contribution in [1.29, 1.82) is 0 Å². The van der Waals surface area contributed by atoms with Crippen LogP contribution in [0.25, 0.3) is 0 Å². The first-order chi connectivity index (χ1) is 6.54. The summed E-state index contributed by atoms with van der Waals surface area (Å²) in [6.07, 6.45) is 2.62. The summed E-state index contributed by atoms with van der Waals surface area (Å²) in [6, 6.07) is 2.92. The van der Waals surface area contributed by atoms with Crippen molar-refractivity contribution >= 4 is 11.6 Å². The molecule has 0 aliphatic heterocycles. The number of benzene rings is 1. The molecule has 3 nitrogen and oxygen atoms in total. The molecule has 0 saturated heterocycles. The molecule has 4 N–H and O–H groups in total.